The predicted octanol–water partition coefficient (Wildman–Crippen LogP) is 4.46. The Balaban J connectivity index is 2.09. The van der Waals surface area contributed by atoms with Crippen LogP contribution in [-0.2, 0) is 9.53 Å². The highest BCUT2D eigenvalue weighted by atomic mass is 35.5. The van der Waals surface area contributed by atoms with Gasteiger partial charge in [-0.3, -0.25) is 4.90 Å². The Kier molecular flexibility index (Phi) is 6.95. The minimum atomic E-state index is -0.780. The van der Waals surface area contributed by atoms with E-state index in [2.05, 4.69) is 5.32 Å². The van der Waals surface area contributed by atoms with Crippen molar-refractivity contribution in [1.82, 2.24) is 10.2 Å². The molecule has 1 aliphatic heterocycles. The molecule has 0 fully saturated rings. The van der Waals surface area contributed by atoms with Gasteiger partial charge in [-0.1, -0.05) is 35.9 Å². The number of nitrogens with zero attached hydrogens (tertiary/aromatic N) is 1. The fourth-order valence-corrected chi connectivity index (χ4v) is 3.49. The molecule has 0 radical (unpaired) electrons. The molecule has 0 saturated carbocycles. The van der Waals surface area contributed by atoms with Crippen molar-refractivity contribution in [3.8, 4) is 5.75 Å². The number of para-hydroxylation sites is 1. The molecule has 2 aromatic carbocycles. The Morgan fingerprint density at radius 1 is 1.20 bits per heavy atom. The topological polar surface area (TPSA) is 67.9 Å². The summed E-state index contributed by atoms with van der Waals surface area (Å²) in [5, 5.41) is 3.29. The van der Waals surface area contributed by atoms with Crippen LogP contribution < -0.4 is 10.1 Å². The first-order valence-electron chi connectivity index (χ1n) is 9.57. The molecule has 1 aliphatic rings. The van der Waals surface area contributed by atoms with Crippen LogP contribution in [0.15, 0.2) is 59.8 Å². The van der Waals surface area contributed by atoms with E-state index in [9.17, 15) is 14.0 Å². The van der Waals surface area contributed by atoms with E-state index in [-0.39, 0.29) is 31.1 Å². The lowest BCUT2D eigenvalue weighted by atomic mass is 9.94. The Morgan fingerprint density at radius 2 is 1.97 bits per heavy atom. The number of ether oxygens (including phenoxy) is 2. The highest BCUT2D eigenvalue weighted by Gasteiger charge is 2.38. The van der Waals surface area contributed by atoms with Gasteiger partial charge in [-0.15, -0.1) is 0 Å². The minimum Gasteiger partial charge on any atom is -0.484 e. The first-order chi connectivity index (χ1) is 14.5. The maximum Gasteiger partial charge on any atom is 0.338 e. The van der Waals surface area contributed by atoms with Gasteiger partial charge in [0.05, 0.1) is 23.9 Å². The molecule has 6 nitrogen and oxygen atoms in total. The minimum absolute atomic E-state index is 0.0227. The number of hydrogen-bond donors (Lipinski definition) is 1. The van der Waals surface area contributed by atoms with Crippen molar-refractivity contribution in [2.45, 2.75) is 19.9 Å². The number of nitrogens with one attached hydrogen (secondary N) is 1. The summed E-state index contributed by atoms with van der Waals surface area (Å²) in [4.78, 5) is 27.1. The number of benzene rings is 2. The summed E-state index contributed by atoms with van der Waals surface area (Å²) in [5.74, 6) is -1.10. The van der Waals surface area contributed by atoms with E-state index in [0.29, 0.717) is 16.3 Å². The van der Waals surface area contributed by atoms with Crippen molar-refractivity contribution in [2.75, 3.05) is 19.8 Å². The first kappa shape index (κ1) is 21.6. The van der Waals surface area contributed by atoms with Gasteiger partial charge >= 0.3 is 12.0 Å². The molecule has 0 saturated heterocycles. The van der Waals surface area contributed by atoms with Gasteiger partial charge in [0.2, 0.25) is 0 Å². The highest BCUT2D eigenvalue weighted by Crippen LogP contribution is 2.33. The number of carbonyl (C=O) groups excluding carboxylic acids is 2. The second kappa shape index (κ2) is 9.63. The fraction of sp³-hybridized carbons (Fsp3) is 0.273. The normalized spacial score (nSPS) is 16.3. The van der Waals surface area contributed by atoms with E-state index in [1.807, 2.05) is 0 Å². The van der Waals surface area contributed by atoms with Gasteiger partial charge in [-0.2, -0.15) is 0 Å². The summed E-state index contributed by atoms with van der Waals surface area (Å²) >= 11 is 6.12. The molecule has 0 aromatic heterocycles. The number of rotatable bonds is 7. The summed E-state index contributed by atoms with van der Waals surface area (Å²) in [6, 6.07) is 11.6. The summed E-state index contributed by atoms with van der Waals surface area (Å²) in [7, 11) is 0. The molecule has 8 heteroatoms. The summed E-state index contributed by atoms with van der Waals surface area (Å²) in [6.45, 7) is 3.72. The van der Waals surface area contributed by atoms with Gasteiger partial charge in [0.15, 0.2) is 11.6 Å². The molecule has 3 rings (SSSR count). The van der Waals surface area contributed by atoms with Gasteiger partial charge in [0.1, 0.15) is 6.61 Å². The van der Waals surface area contributed by atoms with Crippen LogP contribution in [0.3, 0.4) is 0 Å². The Labute approximate surface area is 179 Å². The third-order valence-corrected chi connectivity index (χ3v) is 4.87. The van der Waals surface area contributed by atoms with Crippen molar-refractivity contribution in [1.29, 1.82) is 0 Å². The standard InChI is InChI=1S/C22H22ClFN2O4/c1-3-26-17(13-30-18-11-6-5-10-16(18)24)19(21(27)29-4-2)20(25-22(26)28)14-8-7-9-15(23)12-14/h5-12,20H,3-4,13H2,1-2H3,(H,25,28). The van der Waals surface area contributed by atoms with E-state index in [4.69, 9.17) is 21.1 Å². The number of amides is 2. The second-order valence-electron chi connectivity index (χ2n) is 6.48. The van der Waals surface area contributed by atoms with Gasteiger partial charge in [-0.25, -0.2) is 14.0 Å². The van der Waals surface area contributed by atoms with Gasteiger partial charge in [-0.05, 0) is 43.7 Å². The van der Waals surface area contributed by atoms with Crippen LogP contribution in [-0.4, -0.2) is 36.7 Å². The molecule has 1 N–H and O–H groups in total. The lowest BCUT2D eigenvalue weighted by Gasteiger charge is -2.36. The Bertz CT molecular complexity index is 979. The monoisotopic (exact) mass is 432 g/mol. The lowest BCUT2D eigenvalue weighted by Crippen LogP contribution is -2.49. The molecule has 1 unspecified atom stereocenters. The maximum atomic E-state index is 14.0. The van der Waals surface area contributed by atoms with E-state index in [1.165, 1.54) is 17.0 Å². The van der Waals surface area contributed by atoms with Crippen LogP contribution in [0, 0.1) is 5.82 Å². The smallest absolute Gasteiger partial charge is 0.338 e. The summed E-state index contributed by atoms with van der Waals surface area (Å²) in [6.07, 6.45) is 0. The molecule has 1 atom stereocenters. The third-order valence-electron chi connectivity index (χ3n) is 4.63. The van der Waals surface area contributed by atoms with Gasteiger partial charge in [0, 0.05) is 11.6 Å². The Hall–Kier alpha value is -3.06. The van der Waals surface area contributed by atoms with Crippen molar-refractivity contribution in [3.05, 3.63) is 76.2 Å². The van der Waals surface area contributed by atoms with Crippen LogP contribution in [0.2, 0.25) is 5.02 Å². The third kappa shape index (κ3) is 4.57. The van der Waals surface area contributed by atoms with Crippen molar-refractivity contribution in [3.63, 3.8) is 0 Å². The molecular weight excluding hydrogens is 411 g/mol. The van der Waals surface area contributed by atoms with E-state index in [0.717, 1.165) is 0 Å². The zero-order valence-electron chi connectivity index (χ0n) is 16.7. The van der Waals surface area contributed by atoms with E-state index in [1.54, 1.807) is 50.2 Å². The maximum absolute atomic E-state index is 14.0. The summed E-state index contributed by atoms with van der Waals surface area (Å²) < 4.78 is 24.9. The largest absolute Gasteiger partial charge is 0.484 e. The molecule has 2 amide bonds. The highest BCUT2D eigenvalue weighted by molar-refractivity contribution is 6.30. The number of likely N-dealkylation sites (N-methyl/N-ethyl adjacent to an activating group) is 1. The quantitative estimate of drug-likeness (QED) is 0.656. The second-order valence-corrected chi connectivity index (χ2v) is 6.92. The number of hydrogen-bond acceptors (Lipinski definition) is 4. The van der Waals surface area contributed by atoms with Crippen LogP contribution in [0.1, 0.15) is 25.5 Å². The average Bonchev–Trinajstić information content (AvgIpc) is 2.72. The number of carbonyl (C=O) groups is 2. The van der Waals surface area contributed by atoms with E-state index < -0.39 is 23.9 Å². The molecule has 0 bridgehead atoms. The van der Waals surface area contributed by atoms with Gasteiger partial charge < -0.3 is 14.8 Å². The van der Waals surface area contributed by atoms with Crippen molar-refractivity contribution < 1.29 is 23.5 Å². The van der Waals surface area contributed by atoms with Crippen molar-refractivity contribution >= 4 is 23.6 Å². The molecule has 0 aliphatic carbocycles. The zero-order valence-corrected chi connectivity index (χ0v) is 17.4. The van der Waals surface area contributed by atoms with Crippen LogP contribution in [0.4, 0.5) is 9.18 Å². The van der Waals surface area contributed by atoms with Crippen molar-refractivity contribution in [2.24, 2.45) is 0 Å². The average molecular weight is 433 g/mol. The molecule has 158 valence electrons. The van der Waals surface area contributed by atoms with Crippen LogP contribution in [0.5, 0.6) is 5.75 Å². The molecular formula is C22H22ClFN2O4. The fourth-order valence-electron chi connectivity index (χ4n) is 3.29. The molecule has 2 aromatic rings. The van der Waals surface area contributed by atoms with E-state index >= 15 is 0 Å². The predicted molar refractivity (Wildman–Crippen MR) is 111 cm³/mol. The molecule has 0 spiro atoms. The van der Waals surface area contributed by atoms with Crippen LogP contribution >= 0.6 is 11.6 Å². The number of halogens is 2. The Morgan fingerprint density at radius 3 is 2.63 bits per heavy atom. The zero-order chi connectivity index (χ0) is 21.7. The SMILES string of the molecule is CCOC(=O)C1=C(COc2ccccc2F)N(CC)C(=O)NC1c1cccc(Cl)c1. The number of esters is 1. The lowest BCUT2D eigenvalue weighted by molar-refractivity contribution is -0.139. The molecule has 30 heavy (non-hydrogen) atoms. The number of urea groups is 1. The van der Waals surface area contributed by atoms with Gasteiger partial charge in [0.25, 0.3) is 0 Å². The summed E-state index contributed by atoms with van der Waals surface area (Å²) in [5.41, 5.74) is 1.16. The molecule has 1 heterocycles. The van der Waals surface area contributed by atoms with Crippen LogP contribution in [0.25, 0.3) is 0 Å². The first-order valence-corrected chi connectivity index (χ1v) is 9.95.